The fourth-order valence-corrected chi connectivity index (χ4v) is 1.92. The fourth-order valence-electron chi connectivity index (χ4n) is 1.41. The number of rotatable bonds is 4. The first kappa shape index (κ1) is 14.3. The number of anilines is 1. The highest BCUT2D eigenvalue weighted by atomic mass is 79.9. The number of benzene rings is 1. The van der Waals surface area contributed by atoms with E-state index in [0.29, 0.717) is 12.2 Å². The summed E-state index contributed by atoms with van der Waals surface area (Å²) in [5.74, 6) is 0. The summed E-state index contributed by atoms with van der Waals surface area (Å²) in [4.78, 5) is 1.60. The lowest BCUT2D eigenvalue weighted by atomic mass is 10.1. The molecule has 2 N–H and O–H groups in total. The summed E-state index contributed by atoms with van der Waals surface area (Å²) in [6, 6.07) is 5.35. The molecule has 17 heavy (non-hydrogen) atoms. The van der Waals surface area contributed by atoms with Crippen molar-refractivity contribution in [2.45, 2.75) is 19.1 Å². The van der Waals surface area contributed by atoms with E-state index in [1.54, 1.807) is 24.1 Å². The molecule has 0 aliphatic rings. The lowest BCUT2D eigenvalue weighted by molar-refractivity contribution is -0.137. The van der Waals surface area contributed by atoms with Gasteiger partial charge in [0.2, 0.25) is 0 Å². The molecule has 0 saturated carbocycles. The van der Waals surface area contributed by atoms with E-state index in [-0.39, 0.29) is 6.54 Å². The Kier molecular flexibility index (Phi) is 4.82. The molecule has 0 atom stereocenters. The van der Waals surface area contributed by atoms with Gasteiger partial charge in [0, 0.05) is 28.8 Å². The van der Waals surface area contributed by atoms with Crippen LogP contribution in [0.1, 0.15) is 12.0 Å². The lowest BCUT2D eigenvalue weighted by Gasteiger charge is -2.19. The van der Waals surface area contributed by atoms with Crippen molar-refractivity contribution in [2.24, 2.45) is 0 Å². The first-order valence-corrected chi connectivity index (χ1v) is 5.87. The molecule has 0 amide bonds. The van der Waals surface area contributed by atoms with Crippen LogP contribution in [0.2, 0.25) is 0 Å². The van der Waals surface area contributed by atoms with Crippen LogP contribution in [0.3, 0.4) is 0 Å². The van der Waals surface area contributed by atoms with Crippen molar-refractivity contribution >= 4 is 21.6 Å². The van der Waals surface area contributed by atoms with Gasteiger partial charge in [0.15, 0.2) is 0 Å². The molecular formula is C11H14BrF3N2. The summed E-state index contributed by atoms with van der Waals surface area (Å²) < 4.78 is 37.0. The molecular weight excluding hydrogens is 297 g/mol. The molecule has 0 aliphatic heterocycles. The molecule has 96 valence electrons. The topological polar surface area (TPSA) is 29.3 Å². The van der Waals surface area contributed by atoms with Crippen LogP contribution >= 0.6 is 15.9 Å². The lowest BCUT2D eigenvalue weighted by Crippen LogP contribution is -2.24. The summed E-state index contributed by atoms with van der Waals surface area (Å²) in [5.41, 5.74) is 7.17. The van der Waals surface area contributed by atoms with E-state index >= 15 is 0 Å². The van der Waals surface area contributed by atoms with Crippen molar-refractivity contribution in [1.82, 2.24) is 4.90 Å². The molecule has 0 fully saturated rings. The van der Waals surface area contributed by atoms with E-state index in [9.17, 15) is 13.2 Å². The highest BCUT2D eigenvalue weighted by Crippen LogP contribution is 2.25. The third-order valence-electron chi connectivity index (χ3n) is 2.36. The molecule has 0 saturated heterocycles. The van der Waals surface area contributed by atoms with Crippen LogP contribution in [-0.2, 0) is 6.54 Å². The second kappa shape index (κ2) is 5.73. The van der Waals surface area contributed by atoms with Gasteiger partial charge in [0.05, 0.1) is 6.42 Å². The van der Waals surface area contributed by atoms with Crippen molar-refractivity contribution in [3.05, 3.63) is 28.2 Å². The summed E-state index contributed by atoms with van der Waals surface area (Å²) >= 11 is 3.34. The Labute approximate surface area is 107 Å². The Morgan fingerprint density at radius 2 is 2.00 bits per heavy atom. The minimum atomic E-state index is -4.12. The van der Waals surface area contributed by atoms with Crippen LogP contribution in [0, 0.1) is 0 Å². The number of nitrogen functional groups attached to an aromatic ring is 1. The van der Waals surface area contributed by atoms with E-state index in [1.807, 2.05) is 6.07 Å². The van der Waals surface area contributed by atoms with Crippen molar-refractivity contribution in [3.63, 3.8) is 0 Å². The highest BCUT2D eigenvalue weighted by molar-refractivity contribution is 9.10. The van der Waals surface area contributed by atoms with Crippen LogP contribution in [0.5, 0.6) is 0 Å². The smallest absolute Gasteiger partial charge is 0.390 e. The van der Waals surface area contributed by atoms with E-state index < -0.39 is 12.6 Å². The SMILES string of the molecule is CN(CCC(F)(F)F)Cc1c(N)cccc1Br. The normalized spacial score (nSPS) is 12.1. The molecule has 0 aliphatic carbocycles. The highest BCUT2D eigenvalue weighted by Gasteiger charge is 2.27. The largest absolute Gasteiger partial charge is 0.398 e. The Hall–Kier alpha value is -0.750. The number of halogens is 4. The van der Waals surface area contributed by atoms with Gasteiger partial charge in [-0.05, 0) is 19.2 Å². The molecule has 0 unspecified atom stereocenters. The van der Waals surface area contributed by atoms with Gasteiger partial charge >= 0.3 is 6.18 Å². The van der Waals surface area contributed by atoms with Crippen molar-refractivity contribution in [3.8, 4) is 0 Å². The van der Waals surface area contributed by atoms with Gasteiger partial charge in [0.25, 0.3) is 0 Å². The predicted molar refractivity (Wildman–Crippen MR) is 65.6 cm³/mol. The van der Waals surface area contributed by atoms with Crippen LogP contribution < -0.4 is 5.73 Å². The fraction of sp³-hybridized carbons (Fsp3) is 0.455. The zero-order valence-electron chi connectivity index (χ0n) is 9.39. The van der Waals surface area contributed by atoms with Crippen molar-refractivity contribution in [1.29, 1.82) is 0 Å². The maximum atomic E-state index is 12.1. The molecule has 0 spiro atoms. The van der Waals surface area contributed by atoms with Gasteiger partial charge < -0.3 is 10.6 Å². The number of alkyl halides is 3. The quantitative estimate of drug-likeness (QED) is 0.864. The monoisotopic (exact) mass is 310 g/mol. The summed E-state index contributed by atoms with van der Waals surface area (Å²) in [6.45, 7) is 0.355. The Morgan fingerprint density at radius 3 is 2.53 bits per heavy atom. The minimum Gasteiger partial charge on any atom is -0.398 e. The average Bonchev–Trinajstić information content (AvgIpc) is 2.20. The average molecular weight is 311 g/mol. The summed E-state index contributed by atoms with van der Waals surface area (Å²) in [7, 11) is 1.64. The standard InChI is InChI=1S/C11H14BrF3N2/c1-17(6-5-11(13,14)15)7-8-9(12)3-2-4-10(8)16/h2-4H,5-7,16H2,1H3. The maximum Gasteiger partial charge on any atom is 0.390 e. The molecule has 1 rings (SSSR count). The third kappa shape index (κ3) is 4.95. The number of nitrogens with two attached hydrogens (primary N) is 1. The number of hydrogen-bond acceptors (Lipinski definition) is 2. The van der Waals surface area contributed by atoms with E-state index in [2.05, 4.69) is 15.9 Å². The Morgan fingerprint density at radius 1 is 1.35 bits per heavy atom. The van der Waals surface area contributed by atoms with Gasteiger partial charge in [0.1, 0.15) is 0 Å². The molecule has 1 aromatic carbocycles. The van der Waals surface area contributed by atoms with Gasteiger partial charge in [-0.15, -0.1) is 0 Å². The van der Waals surface area contributed by atoms with Gasteiger partial charge in [-0.1, -0.05) is 22.0 Å². The van der Waals surface area contributed by atoms with Crippen molar-refractivity contribution in [2.75, 3.05) is 19.3 Å². The molecule has 0 heterocycles. The van der Waals surface area contributed by atoms with Crippen LogP contribution in [-0.4, -0.2) is 24.7 Å². The second-order valence-electron chi connectivity index (χ2n) is 3.91. The summed E-state index contributed by atoms with van der Waals surface area (Å²) in [5, 5.41) is 0. The maximum absolute atomic E-state index is 12.1. The van der Waals surface area contributed by atoms with Crippen LogP contribution in [0.15, 0.2) is 22.7 Å². The number of hydrogen-bond donors (Lipinski definition) is 1. The van der Waals surface area contributed by atoms with Gasteiger partial charge in [-0.3, -0.25) is 0 Å². The van der Waals surface area contributed by atoms with E-state index in [1.165, 1.54) is 0 Å². The van der Waals surface area contributed by atoms with Gasteiger partial charge in [-0.25, -0.2) is 0 Å². The predicted octanol–water partition coefficient (Wildman–Crippen LogP) is 3.42. The first-order chi connectivity index (χ1) is 7.79. The first-order valence-electron chi connectivity index (χ1n) is 5.08. The van der Waals surface area contributed by atoms with Crippen molar-refractivity contribution < 1.29 is 13.2 Å². The van der Waals surface area contributed by atoms with Gasteiger partial charge in [-0.2, -0.15) is 13.2 Å². The Balaban J connectivity index is 2.59. The summed E-state index contributed by atoms with van der Waals surface area (Å²) in [6.07, 6.45) is -4.93. The zero-order valence-corrected chi connectivity index (χ0v) is 11.0. The number of nitrogens with zero attached hydrogens (tertiary/aromatic N) is 1. The molecule has 0 radical (unpaired) electrons. The molecule has 2 nitrogen and oxygen atoms in total. The second-order valence-corrected chi connectivity index (χ2v) is 4.76. The van der Waals surface area contributed by atoms with Crippen LogP contribution in [0.25, 0.3) is 0 Å². The van der Waals surface area contributed by atoms with E-state index in [0.717, 1.165) is 10.0 Å². The zero-order chi connectivity index (χ0) is 13.1. The molecule has 0 bridgehead atoms. The minimum absolute atomic E-state index is 0.0374. The molecule has 0 aromatic heterocycles. The molecule has 1 aromatic rings. The Bertz CT molecular complexity index is 359. The third-order valence-corrected chi connectivity index (χ3v) is 3.10. The molecule has 6 heteroatoms. The van der Waals surface area contributed by atoms with E-state index in [4.69, 9.17) is 5.73 Å². The van der Waals surface area contributed by atoms with Crippen LogP contribution in [0.4, 0.5) is 18.9 Å².